The van der Waals surface area contributed by atoms with Gasteiger partial charge in [0.1, 0.15) is 19.1 Å². The quantitative estimate of drug-likeness (QED) is 0.663. The van der Waals surface area contributed by atoms with Crippen LogP contribution in [0.2, 0.25) is 0 Å². The second kappa shape index (κ2) is 4.19. The normalized spacial score (nSPS) is 36.1. The first-order valence-corrected chi connectivity index (χ1v) is 7.21. The number of rotatable bonds is 3. The third kappa shape index (κ3) is 2.05. The van der Waals surface area contributed by atoms with Gasteiger partial charge >= 0.3 is 0 Å². The number of carbonyl (C=O) groups is 1. The lowest BCUT2D eigenvalue weighted by molar-refractivity contribution is -1.13. The van der Waals surface area contributed by atoms with Gasteiger partial charge in [0.05, 0.1) is 11.3 Å². The SMILES string of the molecule is O=C(C[C@H]1CC2CC[N+]1(O)CC2)c1cccs1. The van der Waals surface area contributed by atoms with Gasteiger partial charge in [-0.25, -0.2) is 5.21 Å². The Balaban J connectivity index is 1.71. The van der Waals surface area contributed by atoms with Crippen molar-refractivity contribution in [3.63, 3.8) is 0 Å². The van der Waals surface area contributed by atoms with Crippen molar-refractivity contribution in [2.75, 3.05) is 13.1 Å². The number of Topliss-reactive ketones (excluding diaryl/α,β-unsaturated/α-hetero) is 1. The predicted octanol–water partition coefficient (Wildman–Crippen LogP) is 2.71. The van der Waals surface area contributed by atoms with E-state index in [0.717, 1.165) is 43.1 Å². The van der Waals surface area contributed by atoms with E-state index in [-0.39, 0.29) is 16.5 Å². The van der Waals surface area contributed by atoms with E-state index < -0.39 is 0 Å². The van der Waals surface area contributed by atoms with Gasteiger partial charge < -0.3 is 0 Å². The maximum atomic E-state index is 12.1. The number of ketones is 1. The fourth-order valence-electron chi connectivity index (χ4n) is 3.26. The molecule has 3 nitrogen and oxygen atoms in total. The third-order valence-electron chi connectivity index (χ3n) is 4.35. The summed E-state index contributed by atoms with van der Waals surface area (Å²) < 4.78 is 0.146. The highest BCUT2D eigenvalue weighted by Crippen LogP contribution is 2.38. The second-order valence-corrected chi connectivity index (χ2v) is 6.32. The van der Waals surface area contributed by atoms with Gasteiger partial charge in [-0.1, -0.05) is 6.07 Å². The summed E-state index contributed by atoms with van der Waals surface area (Å²) in [6.07, 6.45) is 3.78. The summed E-state index contributed by atoms with van der Waals surface area (Å²) in [4.78, 5) is 12.9. The van der Waals surface area contributed by atoms with Crippen LogP contribution in [0.1, 0.15) is 35.4 Å². The topological polar surface area (TPSA) is 37.3 Å². The Morgan fingerprint density at radius 3 is 2.82 bits per heavy atom. The molecule has 2 bridgehead atoms. The van der Waals surface area contributed by atoms with Gasteiger partial charge in [-0.3, -0.25) is 4.79 Å². The van der Waals surface area contributed by atoms with Crippen molar-refractivity contribution in [2.45, 2.75) is 31.7 Å². The summed E-state index contributed by atoms with van der Waals surface area (Å²) in [6.45, 7) is 1.68. The molecule has 0 aromatic carbocycles. The minimum absolute atomic E-state index is 0.136. The summed E-state index contributed by atoms with van der Waals surface area (Å²) in [5.74, 6) is 0.937. The van der Waals surface area contributed by atoms with E-state index in [1.807, 2.05) is 17.5 Å². The summed E-state index contributed by atoms with van der Waals surface area (Å²) >= 11 is 1.50. The molecule has 4 heterocycles. The van der Waals surface area contributed by atoms with Crippen LogP contribution >= 0.6 is 11.3 Å². The molecule has 3 aliphatic heterocycles. The molecule has 0 radical (unpaired) electrons. The van der Waals surface area contributed by atoms with Crippen molar-refractivity contribution in [3.8, 4) is 0 Å². The van der Waals surface area contributed by atoms with Crippen LogP contribution in [0.4, 0.5) is 0 Å². The highest BCUT2D eigenvalue weighted by Gasteiger charge is 2.48. The Bertz CT molecular complexity index is 407. The molecule has 0 aliphatic carbocycles. The molecule has 3 fully saturated rings. The molecule has 0 unspecified atom stereocenters. The number of hydrogen-bond acceptors (Lipinski definition) is 3. The molecule has 1 N–H and O–H groups in total. The van der Waals surface area contributed by atoms with Crippen LogP contribution < -0.4 is 0 Å². The highest BCUT2D eigenvalue weighted by atomic mass is 32.1. The lowest BCUT2D eigenvalue weighted by atomic mass is 9.81. The van der Waals surface area contributed by atoms with Crippen molar-refractivity contribution >= 4 is 17.1 Å². The van der Waals surface area contributed by atoms with Crippen LogP contribution in [-0.2, 0) is 0 Å². The number of quaternary nitrogens is 1. The molecule has 3 saturated heterocycles. The molecule has 1 atom stereocenters. The van der Waals surface area contributed by atoms with Gasteiger partial charge in [0.25, 0.3) is 0 Å². The zero-order valence-electron chi connectivity index (χ0n) is 9.84. The molecule has 92 valence electrons. The van der Waals surface area contributed by atoms with E-state index in [4.69, 9.17) is 0 Å². The van der Waals surface area contributed by atoms with Crippen LogP contribution in [0, 0.1) is 5.92 Å². The summed E-state index contributed by atoms with van der Waals surface area (Å²) in [7, 11) is 0. The summed E-state index contributed by atoms with van der Waals surface area (Å²) in [5.41, 5.74) is 0. The van der Waals surface area contributed by atoms with Crippen LogP contribution in [0.15, 0.2) is 17.5 Å². The van der Waals surface area contributed by atoms with Gasteiger partial charge in [0.15, 0.2) is 5.78 Å². The van der Waals surface area contributed by atoms with E-state index >= 15 is 0 Å². The Kier molecular flexibility index (Phi) is 2.81. The van der Waals surface area contributed by atoms with E-state index in [1.165, 1.54) is 11.3 Å². The number of piperidine rings is 3. The smallest absolute Gasteiger partial charge is 0.178 e. The zero-order valence-corrected chi connectivity index (χ0v) is 10.7. The molecular formula is C13H18NO2S+. The van der Waals surface area contributed by atoms with E-state index in [1.54, 1.807) is 0 Å². The maximum absolute atomic E-state index is 12.1. The fourth-order valence-corrected chi connectivity index (χ4v) is 3.93. The van der Waals surface area contributed by atoms with Crippen LogP contribution in [-0.4, -0.2) is 34.8 Å². The Hall–Kier alpha value is -0.710. The number of thiophene rings is 1. The largest absolute Gasteiger partial charge is 0.293 e. The Labute approximate surface area is 105 Å². The maximum Gasteiger partial charge on any atom is 0.178 e. The average Bonchev–Trinajstić information content (AvgIpc) is 2.84. The second-order valence-electron chi connectivity index (χ2n) is 5.37. The van der Waals surface area contributed by atoms with E-state index in [0.29, 0.717) is 6.42 Å². The van der Waals surface area contributed by atoms with E-state index in [9.17, 15) is 10.0 Å². The molecule has 1 aromatic rings. The van der Waals surface area contributed by atoms with Gasteiger partial charge in [-0.15, -0.1) is 11.3 Å². The first-order valence-electron chi connectivity index (χ1n) is 6.33. The molecule has 3 aliphatic rings. The van der Waals surface area contributed by atoms with Crippen molar-refractivity contribution in [2.24, 2.45) is 5.92 Å². The standard InChI is InChI=1S/C13H18NO2S/c15-12(13-2-1-7-17-13)9-11-8-10-3-5-14(11,16)6-4-10/h1-2,7,10-11,16H,3-6,8-9H2/q+1/t10?,11-,14?/m1/s1. The molecule has 17 heavy (non-hydrogen) atoms. The predicted molar refractivity (Wildman–Crippen MR) is 66.2 cm³/mol. The lowest BCUT2D eigenvalue weighted by Gasteiger charge is -2.48. The number of carbonyl (C=O) groups excluding carboxylic acids is 1. The number of hydroxylamine groups is 3. The molecule has 0 saturated carbocycles. The minimum atomic E-state index is 0.136. The van der Waals surface area contributed by atoms with Crippen LogP contribution in [0.25, 0.3) is 0 Å². The molecule has 4 heteroatoms. The monoisotopic (exact) mass is 252 g/mol. The van der Waals surface area contributed by atoms with Crippen LogP contribution in [0.3, 0.4) is 0 Å². The van der Waals surface area contributed by atoms with Crippen molar-refractivity contribution in [1.82, 2.24) is 0 Å². The number of fused-ring (bicyclic) bond motifs is 3. The molecule has 0 spiro atoms. The Morgan fingerprint density at radius 2 is 2.24 bits per heavy atom. The van der Waals surface area contributed by atoms with Gasteiger partial charge in [0.2, 0.25) is 0 Å². The van der Waals surface area contributed by atoms with Crippen molar-refractivity contribution < 1.29 is 14.6 Å². The minimum Gasteiger partial charge on any atom is -0.293 e. The van der Waals surface area contributed by atoms with Gasteiger partial charge in [-0.2, -0.15) is 4.65 Å². The van der Waals surface area contributed by atoms with E-state index in [2.05, 4.69) is 0 Å². The third-order valence-corrected chi connectivity index (χ3v) is 5.26. The lowest BCUT2D eigenvalue weighted by Crippen LogP contribution is -2.62. The number of hydrogen-bond donors (Lipinski definition) is 1. The molecule has 0 amide bonds. The van der Waals surface area contributed by atoms with Crippen molar-refractivity contribution in [1.29, 1.82) is 0 Å². The van der Waals surface area contributed by atoms with Gasteiger partial charge in [0, 0.05) is 19.3 Å². The molecular weight excluding hydrogens is 234 g/mol. The molecule has 1 aromatic heterocycles. The van der Waals surface area contributed by atoms with Gasteiger partial charge in [-0.05, 0) is 17.4 Å². The zero-order chi connectivity index (χ0) is 11.9. The Morgan fingerprint density at radius 1 is 1.47 bits per heavy atom. The average molecular weight is 252 g/mol. The summed E-state index contributed by atoms with van der Waals surface area (Å²) in [6, 6.07) is 3.93. The fraction of sp³-hybridized carbons (Fsp3) is 0.615. The van der Waals surface area contributed by atoms with Crippen molar-refractivity contribution in [3.05, 3.63) is 22.4 Å². The van der Waals surface area contributed by atoms with Crippen LogP contribution in [0.5, 0.6) is 0 Å². The first-order chi connectivity index (χ1) is 8.17. The first kappa shape index (κ1) is 11.4. The molecule has 4 rings (SSSR count). The number of nitrogens with zero attached hydrogens (tertiary/aromatic N) is 1. The summed E-state index contributed by atoms with van der Waals surface area (Å²) in [5, 5.41) is 12.4. The highest BCUT2D eigenvalue weighted by molar-refractivity contribution is 7.12.